The van der Waals surface area contributed by atoms with Crippen molar-refractivity contribution in [2.24, 2.45) is 0 Å². The molecule has 6 rings (SSSR count). The molecule has 0 atom stereocenters. The zero-order chi connectivity index (χ0) is 27.9. The fourth-order valence-electron chi connectivity index (χ4n) is 5.64. The van der Waals surface area contributed by atoms with Gasteiger partial charge in [-0.15, -0.1) is 5.10 Å². The number of alkyl halides is 3. The van der Waals surface area contributed by atoms with Crippen molar-refractivity contribution >= 4 is 17.6 Å². The number of piperazine rings is 1. The van der Waals surface area contributed by atoms with E-state index in [0.717, 1.165) is 23.4 Å². The minimum absolute atomic E-state index is 0.248. The summed E-state index contributed by atoms with van der Waals surface area (Å²) in [4.78, 5) is 25.1. The van der Waals surface area contributed by atoms with Gasteiger partial charge in [0.25, 0.3) is 11.7 Å². The molecule has 0 spiro atoms. The number of anilines is 1. The number of fused-ring (bicyclic) bond motifs is 1. The SMILES string of the molecule is O=C(c1ccc(C(F)(F)F)cc1F)N1CCN(c2nc3nccc(-c4ccc(C5CCCCC5)cc4)n3n2)CC1. The highest BCUT2D eigenvalue weighted by Crippen LogP contribution is 2.34. The Kier molecular flexibility index (Phi) is 6.89. The highest BCUT2D eigenvalue weighted by Gasteiger charge is 2.33. The zero-order valence-electron chi connectivity index (χ0n) is 21.7. The van der Waals surface area contributed by atoms with Gasteiger partial charge in [-0.2, -0.15) is 22.7 Å². The number of carbonyl (C=O) groups is 1. The highest BCUT2D eigenvalue weighted by molar-refractivity contribution is 5.94. The Balaban J connectivity index is 1.16. The molecular formula is C29H28F4N6O. The Hall–Kier alpha value is -4.02. The van der Waals surface area contributed by atoms with E-state index in [1.165, 1.54) is 42.6 Å². The summed E-state index contributed by atoms with van der Waals surface area (Å²) < 4.78 is 54.6. The number of hydrogen-bond donors (Lipinski definition) is 0. The third-order valence-electron chi connectivity index (χ3n) is 7.89. The van der Waals surface area contributed by atoms with E-state index in [9.17, 15) is 22.4 Å². The lowest BCUT2D eigenvalue weighted by Gasteiger charge is -2.34. The second-order valence-electron chi connectivity index (χ2n) is 10.4. The maximum atomic E-state index is 14.4. The molecule has 1 saturated carbocycles. The Morgan fingerprint density at radius 3 is 2.30 bits per heavy atom. The molecular weight excluding hydrogens is 524 g/mol. The topological polar surface area (TPSA) is 66.6 Å². The van der Waals surface area contributed by atoms with Gasteiger partial charge in [0.15, 0.2) is 0 Å². The maximum absolute atomic E-state index is 14.4. The normalized spacial score (nSPS) is 17.0. The third-order valence-corrected chi connectivity index (χ3v) is 7.89. The maximum Gasteiger partial charge on any atom is 0.416 e. The minimum Gasteiger partial charge on any atom is -0.336 e. The van der Waals surface area contributed by atoms with Crippen LogP contribution in [0.5, 0.6) is 0 Å². The van der Waals surface area contributed by atoms with Gasteiger partial charge >= 0.3 is 6.18 Å². The van der Waals surface area contributed by atoms with Gasteiger partial charge in [-0.05, 0) is 48.6 Å². The third kappa shape index (κ3) is 5.12. The Morgan fingerprint density at radius 2 is 1.62 bits per heavy atom. The van der Waals surface area contributed by atoms with E-state index in [2.05, 4.69) is 34.2 Å². The first-order valence-electron chi connectivity index (χ1n) is 13.5. The largest absolute Gasteiger partial charge is 0.416 e. The minimum atomic E-state index is -4.68. The molecule has 1 aliphatic heterocycles. The number of hydrogen-bond acceptors (Lipinski definition) is 5. The van der Waals surface area contributed by atoms with Crippen molar-refractivity contribution in [3.63, 3.8) is 0 Å². The quantitative estimate of drug-likeness (QED) is 0.293. The summed E-state index contributed by atoms with van der Waals surface area (Å²) >= 11 is 0. The van der Waals surface area contributed by atoms with Crippen LogP contribution in [0.4, 0.5) is 23.5 Å². The summed E-state index contributed by atoms with van der Waals surface area (Å²) in [5.74, 6) is -0.288. The summed E-state index contributed by atoms with van der Waals surface area (Å²) in [5, 5.41) is 4.70. The van der Waals surface area contributed by atoms with E-state index in [1.807, 2.05) is 11.0 Å². The van der Waals surface area contributed by atoms with Crippen molar-refractivity contribution in [2.45, 2.75) is 44.2 Å². The lowest BCUT2D eigenvalue weighted by molar-refractivity contribution is -0.137. The number of amides is 1. The molecule has 2 aliphatic rings. The Bertz CT molecular complexity index is 1520. The van der Waals surface area contributed by atoms with Gasteiger partial charge in [-0.25, -0.2) is 9.37 Å². The fraction of sp³-hybridized carbons (Fsp3) is 0.379. The molecule has 11 heteroatoms. The average Bonchev–Trinajstić information content (AvgIpc) is 3.42. The second kappa shape index (κ2) is 10.5. The van der Waals surface area contributed by atoms with Gasteiger partial charge < -0.3 is 9.80 Å². The number of benzene rings is 2. The van der Waals surface area contributed by atoms with Crippen LogP contribution in [0.2, 0.25) is 0 Å². The number of halogens is 4. The van der Waals surface area contributed by atoms with Gasteiger partial charge in [0.2, 0.25) is 5.95 Å². The molecule has 0 bridgehead atoms. The van der Waals surface area contributed by atoms with Crippen LogP contribution >= 0.6 is 0 Å². The number of rotatable bonds is 4. The Morgan fingerprint density at radius 1 is 0.900 bits per heavy atom. The lowest BCUT2D eigenvalue weighted by Crippen LogP contribution is -2.49. The van der Waals surface area contributed by atoms with E-state index >= 15 is 0 Å². The smallest absolute Gasteiger partial charge is 0.336 e. The lowest BCUT2D eigenvalue weighted by atomic mass is 9.84. The van der Waals surface area contributed by atoms with E-state index in [1.54, 1.807) is 10.7 Å². The van der Waals surface area contributed by atoms with Crippen molar-refractivity contribution in [3.05, 3.63) is 77.2 Å². The van der Waals surface area contributed by atoms with Gasteiger partial charge in [0, 0.05) is 37.9 Å². The van der Waals surface area contributed by atoms with Crippen LogP contribution < -0.4 is 4.90 Å². The highest BCUT2D eigenvalue weighted by atomic mass is 19.4. The summed E-state index contributed by atoms with van der Waals surface area (Å²) in [7, 11) is 0. The molecule has 0 N–H and O–H groups in total. The molecule has 1 amide bonds. The predicted octanol–water partition coefficient (Wildman–Crippen LogP) is 5.96. The van der Waals surface area contributed by atoms with Crippen LogP contribution in [0.3, 0.4) is 0 Å². The molecule has 3 heterocycles. The molecule has 0 unspecified atom stereocenters. The molecule has 2 aromatic heterocycles. The van der Waals surface area contributed by atoms with Crippen molar-refractivity contribution in [3.8, 4) is 11.3 Å². The van der Waals surface area contributed by atoms with E-state index in [4.69, 9.17) is 5.10 Å². The first-order chi connectivity index (χ1) is 19.3. The molecule has 2 aromatic carbocycles. The second-order valence-corrected chi connectivity index (χ2v) is 10.4. The fourth-order valence-corrected chi connectivity index (χ4v) is 5.64. The summed E-state index contributed by atoms with van der Waals surface area (Å²) in [6, 6.07) is 12.5. The number of carbonyl (C=O) groups excluding carboxylic acids is 1. The first-order valence-corrected chi connectivity index (χ1v) is 13.5. The van der Waals surface area contributed by atoms with Gasteiger partial charge in [-0.1, -0.05) is 43.5 Å². The number of nitrogens with zero attached hydrogens (tertiary/aromatic N) is 6. The summed E-state index contributed by atoms with van der Waals surface area (Å²) in [6.07, 6.45) is 3.39. The molecule has 4 aromatic rings. The van der Waals surface area contributed by atoms with Crippen LogP contribution in [0.25, 0.3) is 17.0 Å². The van der Waals surface area contributed by atoms with E-state index in [-0.39, 0.29) is 18.7 Å². The molecule has 1 saturated heterocycles. The molecule has 208 valence electrons. The van der Waals surface area contributed by atoms with Crippen molar-refractivity contribution < 1.29 is 22.4 Å². The van der Waals surface area contributed by atoms with Crippen molar-refractivity contribution in [1.29, 1.82) is 0 Å². The molecule has 2 fully saturated rings. The molecule has 40 heavy (non-hydrogen) atoms. The summed E-state index contributed by atoms with van der Waals surface area (Å²) in [6.45, 7) is 1.27. The summed E-state index contributed by atoms with van der Waals surface area (Å²) in [5.41, 5.74) is 1.74. The van der Waals surface area contributed by atoms with Gasteiger partial charge in [0.05, 0.1) is 16.8 Å². The van der Waals surface area contributed by atoms with Crippen LogP contribution in [0.15, 0.2) is 54.7 Å². The van der Waals surface area contributed by atoms with Crippen molar-refractivity contribution in [1.82, 2.24) is 24.5 Å². The van der Waals surface area contributed by atoms with Crippen LogP contribution in [-0.4, -0.2) is 56.6 Å². The first kappa shape index (κ1) is 26.2. The van der Waals surface area contributed by atoms with Gasteiger partial charge in [-0.3, -0.25) is 4.79 Å². The standard InChI is InChI=1S/C29H28F4N6O/c30-24-18-22(29(31,32)33)10-11-23(24)26(40)37-14-16-38(17-15-37)28-35-27-34-13-12-25(39(27)36-28)21-8-6-20(7-9-21)19-4-2-1-3-5-19/h6-13,18-19H,1-5,14-17H2. The van der Waals surface area contributed by atoms with Gasteiger partial charge in [0.1, 0.15) is 5.82 Å². The molecule has 7 nitrogen and oxygen atoms in total. The predicted molar refractivity (Wildman–Crippen MR) is 142 cm³/mol. The van der Waals surface area contributed by atoms with E-state index < -0.39 is 23.5 Å². The van der Waals surface area contributed by atoms with Crippen LogP contribution in [-0.2, 0) is 6.18 Å². The van der Waals surface area contributed by atoms with Crippen LogP contribution in [0.1, 0.15) is 59.5 Å². The van der Waals surface area contributed by atoms with Crippen LogP contribution in [0, 0.1) is 5.82 Å². The molecule has 1 aliphatic carbocycles. The zero-order valence-corrected chi connectivity index (χ0v) is 21.7. The molecule has 0 radical (unpaired) electrons. The van der Waals surface area contributed by atoms with E-state index in [0.29, 0.717) is 36.8 Å². The van der Waals surface area contributed by atoms with Crippen molar-refractivity contribution in [2.75, 3.05) is 31.1 Å². The number of aromatic nitrogens is 4. The monoisotopic (exact) mass is 552 g/mol. The Labute approximate surface area is 228 Å². The average molecular weight is 553 g/mol.